The molecule has 0 saturated carbocycles. The number of carbonyl (C=O) groups is 3. The van der Waals surface area contributed by atoms with E-state index in [9.17, 15) is 19.5 Å². The van der Waals surface area contributed by atoms with Crippen molar-refractivity contribution in [2.24, 2.45) is 0 Å². The van der Waals surface area contributed by atoms with Crippen LogP contribution in [0.2, 0.25) is 0 Å². The Hall–Kier alpha value is -0.590. The van der Waals surface area contributed by atoms with Gasteiger partial charge in [0.25, 0.3) is 0 Å². The number of carboxylic acid groups (broad SMARTS) is 2. The van der Waals surface area contributed by atoms with Crippen LogP contribution in [0.3, 0.4) is 0 Å². The van der Waals surface area contributed by atoms with Crippen molar-refractivity contribution < 1.29 is 54.2 Å². The first-order valence-corrected chi connectivity index (χ1v) is 11.7. The molecule has 0 aliphatic carbocycles. The summed E-state index contributed by atoms with van der Waals surface area (Å²) in [6.45, 7) is 2.25. The quantitative estimate of drug-likeness (QED) is 0.209. The SMILES string of the molecule is CCCCCCCCCCCCCCCCCC(=O)N[C@H](CCC(=O)O)C(=O)[O-].[Na+]. The number of carbonyl (C=O) groups excluding carboxylic acids is 2. The monoisotopic (exact) mass is 435 g/mol. The summed E-state index contributed by atoms with van der Waals surface area (Å²) in [6, 6.07) is -1.23. The first-order valence-electron chi connectivity index (χ1n) is 11.7. The summed E-state index contributed by atoms with van der Waals surface area (Å²) < 4.78 is 0. The Balaban J connectivity index is 0. The molecule has 0 aromatic carbocycles. The van der Waals surface area contributed by atoms with Crippen molar-refractivity contribution in [2.45, 2.75) is 129 Å². The number of aliphatic carboxylic acids is 2. The zero-order valence-corrected chi connectivity index (χ0v) is 21.4. The van der Waals surface area contributed by atoms with Gasteiger partial charge in [0.1, 0.15) is 0 Å². The largest absolute Gasteiger partial charge is 1.00 e. The van der Waals surface area contributed by atoms with E-state index in [2.05, 4.69) is 12.2 Å². The maximum atomic E-state index is 11.8. The number of rotatable bonds is 21. The fraction of sp³-hybridized carbons (Fsp3) is 0.870. The van der Waals surface area contributed by atoms with Gasteiger partial charge in [-0.3, -0.25) is 9.59 Å². The van der Waals surface area contributed by atoms with Crippen LogP contribution < -0.4 is 40.0 Å². The second kappa shape index (κ2) is 23.1. The van der Waals surface area contributed by atoms with Gasteiger partial charge in [-0.1, -0.05) is 96.8 Å². The summed E-state index contributed by atoms with van der Waals surface area (Å²) in [4.78, 5) is 33.2. The molecule has 170 valence electrons. The van der Waals surface area contributed by atoms with Crippen molar-refractivity contribution in [1.29, 1.82) is 0 Å². The molecule has 0 aromatic rings. The summed E-state index contributed by atoms with van der Waals surface area (Å²) in [5, 5.41) is 21.9. The summed E-state index contributed by atoms with van der Waals surface area (Å²) in [6.07, 6.45) is 18.5. The smallest absolute Gasteiger partial charge is 0.548 e. The van der Waals surface area contributed by atoms with Crippen LogP contribution in [0.1, 0.15) is 122 Å². The fourth-order valence-electron chi connectivity index (χ4n) is 3.44. The van der Waals surface area contributed by atoms with Gasteiger partial charge in [-0.2, -0.15) is 0 Å². The number of amides is 1. The zero-order valence-electron chi connectivity index (χ0n) is 19.4. The molecule has 1 atom stereocenters. The Morgan fingerprint density at radius 3 is 1.50 bits per heavy atom. The Kier molecular flexibility index (Phi) is 24.3. The van der Waals surface area contributed by atoms with Gasteiger partial charge in [-0.05, 0) is 12.8 Å². The van der Waals surface area contributed by atoms with Gasteiger partial charge in [0, 0.05) is 12.8 Å². The van der Waals surface area contributed by atoms with E-state index in [0.717, 1.165) is 19.3 Å². The van der Waals surface area contributed by atoms with Crippen molar-refractivity contribution in [3.05, 3.63) is 0 Å². The molecule has 2 N–H and O–H groups in total. The molecule has 6 nitrogen and oxygen atoms in total. The fourth-order valence-corrected chi connectivity index (χ4v) is 3.44. The average Bonchev–Trinajstić information content (AvgIpc) is 2.67. The van der Waals surface area contributed by atoms with Gasteiger partial charge in [0.15, 0.2) is 0 Å². The second-order valence-corrected chi connectivity index (χ2v) is 8.07. The molecule has 30 heavy (non-hydrogen) atoms. The molecule has 0 fully saturated rings. The van der Waals surface area contributed by atoms with Gasteiger partial charge in [-0.15, -0.1) is 0 Å². The maximum Gasteiger partial charge on any atom is 1.00 e. The molecule has 0 spiro atoms. The van der Waals surface area contributed by atoms with E-state index >= 15 is 0 Å². The van der Waals surface area contributed by atoms with Gasteiger partial charge >= 0.3 is 35.5 Å². The zero-order chi connectivity index (χ0) is 21.7. The van der Waals surface area contributed by atoms with Crippen LogP contribution in [0, 0.1) is 0 Å². The molecule has 0 radical (unpaired) electrons. The van der Waals surface area contributed by atoms with E-state index in [4.69, 9.17) is 5.11 Å². The number of hydrogen-bond donors (Lipinski definition) is 2. The summed E-state index contributed by atoms with van der Waals surface area (Å²) in [5.74, 6) is -2.87. The minimum Gasteiger partial charge on any atom is -0.548 e. The van der Waals surface area contributed by atoms with Gasteiger partial charge in [0.05, 0.1) is 12.0 Å². The molecule has 0 unspecified atom stereocenters. The average molecular weight is 436 g/mol. The number of carboxylic acids is 2. The van der Waals surface area contributed by atoms with E-state index in [0.29, 0.717) is 0 Å². The Morgan fingerprint density at radius 1 is 0.733 bits per heavy atom. The van der Waals surface area contributed by atoms with Crippen LogP contribution in [0.5, 0.6) is 0 Å². The molecule has 0 heterocycles. The summed E-state index contributed by atoms with van der Waals surface area (Å²) >= 11 is 0. The van der Waals surface area contributed by atoms with E-state index in [1.807, 2.05) is 0 Å². The predicted molar refractivity (Wildman–Crippen MR) is 113 cm³/mol. The summed E-state index contributed by atoms with van der Waals surface area (Å²) in [7, 11) is 0. The standard InChI is InChI=1S/C23H43NO5.Na/c1-2-3-4-5-6-7-8-9-10-11-12-13-14-15-16-17-21(25)24-20(23(28)29)18-19-22(26)27;/h20H,2-19H2,1H3,(H,24,25)(H,26,27)(H,28,29);/q;+1/p-1/t20-;/m1./s1. The van der Waals surface area contributed by atoms with Gasteiger partial charge < -0.3 is 20.3 Å². The third kappa shape index (κ3) is 22.1. The Labute approximate surface area is 205 Å². The molecular formula is C23H42NNaO5. The number of nitrogens with one attached hydrogen (secondary N) is 1. The third-order valence-corrected chi connectivity index (χ3v) is 5.27. The maximum absolute atomic E-state index is 11.8. The molecule has 0 saturated heterocycles. The van der Waals surface area contributed by atoms with Crippen molar-refractivity contribution >= 4 is 17.8 Å². The van der Waals surface area contributed by atoms with E-state index < -0.39 is 18.0 Å². The minimum atomic E-state index is -1.43. The van der Waals surface area contributed by atoms with Crippen LogP contribution in [0.4, 0.5) is 0 Å². The molecular weight excluding hydrogens is 393 g/mol. The van der Waals surface area contributed by atoms with Crippen LogP contribution in [-0.2, 0) is 14.4 Å². The third-order valence-electron chi connectivity index (χ3n) is 5.27. The van der Waals surface area contributed by atoms with E-state index in [1.54, 1.807) is 0 Å². The predicted octanol–water partition coefficient (Wildman–Crippen LogP) is 1.35. The van der Waals surface area contributed by atoms with Crippen molar-refractivity contribution in [3.8, 4) is 0 Å². The molecule has 0 aliphatic rings. The van der Waals surface area contributed by atoms with E-state index in [-0.39, 0.29) is 54.7 Å². The molecule has 0 rings (SSSR count). The molecule has 0 aromatic heterocycles. The topological polar surface area (TPSA) is 107 Å². The van der Waals surface area contributed by atoms with Crippen LogP contribution in [0.15, 0.2) is 0 Å². The van der Waals surface area contributed by atoms with E-state index in [1.165, 1.54) is 77.0 Å². The summed E-state index contributed by atoms with van der Waals surface area (Å²) in [5.41, 5.74) is 0. The van der Waals surface area contributed by atoms with Crippen LogP contribution in [0.25, 0.3) is 0 Å². The van der Waals surface area contributed by atoms with Crippen molar-refractivity contribution in [2.75, 3.05) is 0 Å². The second-order valence-electron chi connectivity index (χ2n) is 8.07. The van der Waals surface area contributed by atoms with Gasteiger partial charge in [-0.25, -0.2) is 0 Å². The van der Waals surface area contributed by atoms with Crippen LogP contribution in [-0.4, -0.2) is 29.0 Å². The molecule has 0 bridgehead atoms. The number of unbranched alkanes of at least 4 members (excludes halogenated alkanes) is 14. The molecule has 1 amide bonds. The van der Waals surface area contributed by atoms with Gasteiger partial charge in [0.2, 0.25) is 5.91 Å². The number of hydrogen-bond acceptors (Lipinski definition) is 4. The first kappa shape index (κ1) is 31.6. The Bertz CT molecular complexity index is 445. The Morgan fingerprint density at radius 2 is 1.13 bits per heavy atom. The van der Waals surface area contributed by atoms with Crippen molar-refractivity contribution in [3.63, 3.8) is 0 Å². The minimum absolute atomic E-state index is 0. The first-order chi connectivity index (χ1) is 14.0. The van der Waals surface area contributed by atoms with Crippen molar-refractivity contribution in [1.82, 2.24) is 5.32 Å². The normalized spacial score (nSPS) is 11.5. The molecule has 7 heteroatoms. The molecule has 0 aliphatic heterocycles. The van der Waals surface area contributed by atoms with Crippen LogP contribution >= 0.6 is 0 Å².